The van der Waals surface area contributed by atoms with Crippen LogP contribution in [0.3, 0.4) is 0 Å². The van der Waals surface area contributed by atoms with Crippen molar-refractivity contribution in [1.29, 1.82) is 0 Å². The average molecular weight is 405 g/mol. The van der Waals surface area contributed by atoms with Crippen LogP contribution in [0.4, 0.5) is 5.69 Å². The van der Waals surface area contributed by atoms with Gasteiger partial charge in [-0.25, -0.2) is 8.42 Å². The van der Waals surface area contributed by atoms with E-state index < -0.39 is 21.8 Å². The van der Waals surface area contributed by atoms with Gasteiger partial charge in [-0.05, 0) is 49.2 Å². The molecule has 0 radical (unpaired) electrons. The Morgan fingerprint density at radius 2 is 1.71 bits per heavy atom. The zero-order valence-electron chi connectivity index (χ0n) is 15.7. The number of amides is 2. The lowest BCUT2D eigenvalue weighted by molar-refractivity contribution is -0.123. The van der Waals surface area contributed by atoms with Gasteiger partial charge in [0.05, 0.1) is 5.75 Å². The van der Waals surface area contributed by atoms with E-state index in [-0.39, 0.29) is 23.6 Å². The molecule has 0 atom stereocenters. The fourth-order valence-corrected chi connectivity index (χ4v) is 2.81. The molecule has 0 unspecified atom stereocenters. The molecule has 2 rings (SSSR count). The normalized spacial score (nSPS) is 10.8. The highest BCUT2D eigenvalue weighted by molar-refractivity contribution is 7.92. The van der Waals surface area contributed by atoms with Crippen LogP contribution in [0.2, 0.25) is 0 Å². The summed E-state index contributed by atoms with van der Waals surface area (Å²) < 4.78 is 30.9. The van der Waals surface area contributed by atoms with Crippen molar-refractivity contribution in [2.45, 2.75) is 20.3 Å². The van der Waals surface area contributed by atoms with Crippen LogP contribution in [0.25, 0.3) is 0 Å². The monoisotopic (exact) mass is 405 g/mol. The first-order valence-corrected chi connectivity index (χ1v) is 10.4. The molecule has 0 aliphatic rings. The van der Waals surface area contributed by atoms with Gasteiger partial charge in [0.2, 0.25) is 10.0 Å². The number of nitrogens with one attached hydrogen (secondary N) is 3. The third-order valence-electron chi connectivity index (χ3n) is 3.80. The highest BCUT2D eigenvalue weighted by Gasteiger charge is 2.11. The van der Waals surface area contributed by atoms with Gasteiger partial charge in [0.1, 0.15) is 5.75 Å². The minimum absolute atomic E-state index is 0.0827. The van der Waals surface area contributed by atoms with E-state index in [1.165, 1.54) is 31.2 Å². The quantitative estimate of drug-likeness (QED) is 0.580. The molecule has 2 amide bonds. The molecule has 28 heavy (non-hydrogen) atoms. The van der Waals surface area contributed by atoms with E-state index in [1.807, 2.05) is 19.1 Å². The summed E-state index contributed by atoms with van der Waals surface area (Å²) >= 11 is 0. The first-order chi connectivity index (χ1) is 13.3. The first kappa shape index (κ1) is 21.2. The molecular formula is C19H23N3O5S. The Kier molecular flexibility index (Phi) is 7.39. The molecule has 150 valence electrons. The summed E-state index contributed by atoms with van der Waals surface area (Å²) in [4.78, 5) is 24.0. The minimum Gasteiger partial charge on any atom is -0.484 e. The highest BCUT2D eigenvalue weighted by atomic mass is 32.2. The molecular weight excluding hydrogens is 382 g/mol. The van der Waals surface area contributed by atoms with E-state index in [0.717, 1.165) is 12.0 Å². The Hall–Kier alpha value is -3.07. The van der Waals surface area contributed by atoms with Gasteiger partial charge in [0.15, 0.2) is 6.61 Å². The zero-order valence-corrected chi connectivity index (χ0v) is 16.5. The number of sulfonamides is 1. The summed E-state index contributed by atoms with van der Waals surface area (Å²) in [5.41, 5.74) is 6.12. The van der Waals surface area contributed by atoms with Crippen LogP contribution >= 0.6 is 0 Å². The summed E-state index contributed by atoms with van der Waals surface area (Å²) in [7, 11) is -3.45. The Morgan fingerprint density at radius 1 is 1.00 bits per heavy atom. The maximum absolute atomic E-state index is 12.1. The molecule has 9 heteroatoms. The summed E-state index contributed by atoms with van der Waals surface area (Å²) in [6, 6.07) is 13.3. The molecule has 0 saturated carbocycles. The zero-order chi connectivity index (χ0) is 20.6. The summed E-state index contributed by atoms with van der Waals surface area (Å²) in [5, 5.41) is 0. The Balaban J connectivity index is 1.84. The topological polar surface area (TPSA) is 114 Å². The third kappa shape index (κ3) is 6.58. The lowest BCUT2D eigenvalue weighted by Gasteiger charge is -2.10. The van der Waals surface area contributed by atoms with Crippen LogP contribution in [0, 0.1) is 0 Å². The molecule has 8 nitrogen and oxygen atoms in total. The van der Waals surface area contributed by atoms with Crippen molar-refractivity contribution in [3.05, 3.63) is 59.7 Å². The van der Waals surface area contributed by atoms with Crippen LogP contribution in [-0.2, 0) is 21.2 Å². The summed E-state index contributed by atoms with van der Waals surface area (Å²) in [6.07, 6.45) is 0.911. The number of rotatable bonds is 8. The lowest BCUT2D eigenvalue weighted by Crippen LogP contribution is -2.43. The molecule has 0 spiro atoms. The largest absolute Gasteiger partial charge is 0.484 e. The van der Waals surface area contributed by atoms with Crippen molar-refractivity contribution >= 4 is 27.5 Å². The molecule has 0 aliphatic carbocycles. The van der Waals surface area contributed by atoms with E-state index in [1.54, 1.807) is 12.1 Å². The van der Waals surface area contributed by atoms with Gasteiger partial charge in [0.25, 0.3) is 11.8 Å². The maximum Gasteiger partial charge on any atom is 0.276 e. The van der Waals surface area contributed by atoms with Crippen molar-refractivity contribution in [3.8, 4) is 5.75 Å². The van der Waals surface area contributed by atoms with E-state index in [0.29, 0.717) is 5.75 Å². The number of anilines is 1. The van der Waals surface area contributed by atoms with Gasteiger partial charge in [-0.1, -0.05) is 25.1 Å². The lowest BCUT2D eigenvalue weighted by atomic mass is 10.2. The van der Waals surface area contributed by atoms with Crippen molar-refractivity contribution in [2.75, 3.05) is 17.1 Å². The summed E-state index contributed by atoms with van der Waals surface area (Å²) in [5.74, 6) is -0.649. The molecule has 2 aromatic rings. The number of hydrogen-bond acceptors (Lipinski definition) is 5. The van der Waals surface area contributed by atoms with Gasteiger partial charge in [-0.3, -0.25) is 25.2 Å². The number of benzene rings is 2. The predicted molar refractivity (Wildman–Crippen MR) is 106 cm³/mol. The number of aryl methyl sites for hydroxylation is 1. The van der Waals surface area contributed by atoms with E-state index in [4.69, 9.17) is 4.74 Å². The van der Waals surface area contributed by atoms with Gasteiger partial charge in [0, 0.05) is 11.3 Å². The number of carbonyl (C=O) groups is 2. The first-order valence-electron chi connectivity index (χ1n) is 8.74. The van der Waals surface area contributed by atoms with Gasteiger partial charge >= 0.3 is 0 Å². The van der Waals surface area contributed by atoms with Crippen LogP contribution < -0.4 is 20.3 Å². The van der Waals surface area contributed by atoms with Gasteiger partial charge in [-0.15, -0.1) is 0 Å². The van der Waals surface area contributed by atoms with Crippen molar-refractivity contribution in [1.82, 2.24) is 10.9 Å². The van der Waals surface area contributed by atoms with Gasteiger partial charge < -0.3 is 4.74 Å². The SMILES string of the molecule is CCc1ccc(OCC(=O)NNC(=O)c2cccc(NS(=O)(=O)CC)c2)cc1. The van der Waals surface area contributed by atoms with Crippen molar-refractivity contribution < 1.29 is 22.7 Å². The van der Waals surface area contributed by atoms with E-state index in [9.17, 15) is 18.0 Å². The predicted octanol–water partition coefficient (Wildman–Crippen LogP) is 1.85. The second kappa shape index (κ2) is 9.75. The highest BCUT2D eigenvalue weighted by Crippen LogP contribution is 2.13. The standard InChI is InChI=1S/C19H23N3O5S/c1-3-14-8-10-17(11-9-14)27-13-18(23)20-21-19(24)15-6-5-7-16(12-15)22-28(25,26)4-2/h5-12,22H,3-4,13H2,1-2H3,(H,20,23)(H,21,24). The van der Waals surface area contributed by atoms with Crippen LogP contribution in [0.5, 0.6) is 5.75 Å². The molecule has 0 aliphatic heterocycles. The molecule has 0 aromatic heterocycles. The molecule has 0 saturated heterocycles. The number of ether oxygens (including phenoxy) is 1. The molecule has 0 heterocycles. The van der Waals surface area contributed by atoms with Crippen LogP contribution in [-0.4, -0.2) is 32.6 Å². The van der Waals surface area contributed by atoms with E-state index >= 15 is 0 Å². The van der Waals surface area contributed by atoms with Crippen molar-refractivity contribution in [3.63, 3.8) is 0 Å². The Labute approximate surface area is 164 Å². The maximum atomic E-state index is 12.1. The molecule has 0 bridgehead atoms. The molecule has 2 aromatic carbocycles. The number of hydrogen-bond donors (Lipinski definition) is 3. The molecule has 3 N–H and O–H groups in total. The minimum atomic E-state index is -3.45. The summed E-state index contributed by atoms with van der Waals surface area (Å²) in [6.45, 7) is 3.29. The Morgan fingerprint density at radius 3 is 2.36 bits per heavy atom. The third-order valence-corrected chi connectivity index (χ3v) is 5.10. The Bertz CT molecular complexity index is 927. The van der Waals surface area contributed by atoms with E-state index in [2.05, 4.69) is 15.6 Å². The fourth-order valence-electron chi connectivity index (χ4n) is 2.18. The smallest absolute Gasteiger partial charge is 0.276 e. The van der Waals surface area contributed by atoms with Crippen LogP contribution in [0.15, 0.2) is 48.5 Å². The second-order valence-corrected chi connectivity index (χ2v) is 7.89. The van der Waals surface area contributed by atoms with Gasteiger partial charge in [-0.2, -0.15) is 0 Å². The number of hydrazine groups is 1. The molecule has 0 fully saturated rings. The second-order valence-electron chi connectivity index (χ2n) is 5.87. The fraction of sp³-hybridized carbons (Fsp3) is 0.263. The average Bonchev–Trinajstić information content (AvgIpc) is 2.70. The van der Waals surface area contributed by atoms with Crippen LogP contribution in [0.1, 0.15) is 29.8 Å². The van der Waals surface area contributed by atoms with Crippen molar-refractivity contribution in [2.24, 2.45) is 0 Å². The number of carbonyl (C=O) groups excluding carboxylic acids is 2.